The van der Waals surface area contributed by atoms with Gasteiger partial charge in [0.05, 0.1) is 23.7 Å². The second kappa shape index (κ2) is 3.87. The molecule has 0 aromatic heterocycles. The lowest BCUT2D eigenvalue weighted by Crippen LogP contribution is -2.50. The normalized spacial score (nSPS) is 40.6. The van der Waals surface area contributed by atoms with E-state index in [1.807, 2.05) is 13.8 Å². The first-order valence-corrected chi connectivity index (χ1v) is 4.96. The molecule has 1 aliphatic heterocycles. The Bertz CT molecular complexity index is 216. The first-order valence-electron chi connectivity index (χ1n) is 4.96. The van der Waals surface area contributed by atoms with Crippen LogP contribution in [0.2, 0.25) is 0 Å². The van der Waals surface area contributed by atoms with Crippen molar-refractivity contribution >= 4 is 5.97 Å². The summed E-state index contributed by atoms with van der Waals surface area (Å²) in [5, 5.41) is 19.1. The molecule has 0 amide bonds. The van der Waals surface area contributed by atoms with Crippen LogP contribution in [0.3, 0.4) is 0 Å². The highest BCUT2D eigenvalue weighted by Crippen LogP contribution is 2.34. The monoisotopic (exact) mass is 202 g/mol. The van der Waals surface area contributed by atoms with Crippen LogP contribution in [0, 0.1) is 5.92 Å². The molecule has 0 aromatic rings. The smallest absolute Gasteiger partial charge is 0.309 e. The van der Waals surface area contributed by atoms with Gasteiger partial charge in [-0.3, -0.25) is 4.79 Å². The van der Waals surface area contributed by atoms with Gasteiger partial charge in [0.1, 0.15) is 0 Å². The molecule has 2 N–H and O–H groups in total. The maximum atomic E-state index is 10.8. The summed E-state index contributed by atoms with van der Waals surface area (Å²) in [6.45, 7) is 5.26. The van der Waals surface area contributed by atoms with Crippen molar-refractivity contribution in [2.45, 2.75) is 51.4 Å². The third-order valence-electron chi connectivity index (χ3n) is 2.92. The third-order valence-corrected chi connectivity index (χ3v) is 2.92. The summed E-state index contributed by atoms with van der Waals surface area (Å²) in [6, 6.07) is 0. The Kier molecular flexibility index (Phi) is 3.17. The van der Waals surface area contributed by atoms with Gasteiger partial charge in [0.2, 0.25) is 0 Å². The molecule has 1 saturated heterocycles. The molecule has 3 atom stereocenters. The second-order valence-electron chi connectivity index (χ2n) is 4.33. The summed E-state index contributed by atoms with van der Waals surface area (Å²) < 4.78 is 5.46. The molecule has 82 valence electrons. The number of carboxylic acids is 1. The number of hydrogen-bond donors (Lipinski definition) is 2. The van der Waals surface area contributed by atoms with E-state index in [1.165, 1.54) is 0 Å². The molecule has 1 fully saturated rings. The van der Waals surface area contributed by atoms with E-state index in [0.29, 0.717) is 12.8 Å². The fraction of sp³-hybridized carbons (Fsp3) is 0.900. The zero-order valence-corrected chi connectivity index (χ0v) is 8.86. The number of aliphatic carboxylic acids is 1. The van der Waals surface area contributed by atoms with Gasteiger partial charge >= 0.3 is 5.97 Å². The molecule has 1 heterocycles. The molecule has 4 nitrogen and oxygen atoms in total. The van der Waals surface area contributed by atoms with Crippen molar-refractivity contribution in [2.24, 2.45) is 5.92 Å². The maximum Gasteiger partial charge on any atom is 0.309 e. The molecule has 0 bridgehead atoms. The molecule has 0 spiro atoms. The van der Waals surface area contributed by atoms with Gasteiger partial charge in [0.15, 0.2) is 0 Å². The molecular weight excluding hydrogens is 184 g/mol. The van der Waals surface area contributed by atoms with Gasteiger partial charge in [0.25, 0.3) is 0 Å². The number of aliphatic hydroxyl groups is 1. The highest BCUT2D eigenvalue weighted by molar-refractivity contribution is 5.71. The Morgan fingerprint density at radius 3 is 2.21 bits per heavy atom. The molecule has 3 unspecified atom stereocenters. The predicted octanol–water partition coefficient (Wildman–Crippen LogP) is 1.03. The van der Waals surface area contributed by atoms with Crippen LogP contribution in [0.25, 0.3) is 0 Å². The summed E-state index contributed by atoms with van der Waals surface area (Å²) >= 11 is 0. The van der Waals surface area contributed by atoms with Crippen LogP contribution >= 0.6 is 0 Å². The Labute approximate surface area is 83.9 Å². The van der Waals surface area contributed by atoms with Gasteiger partial charge < -0.3 is 14.9 Å². The Morgan fingerprint density at radius 1 is 1.43 bits per heavy atom. The molecule has 4 heteroatoms. The highest BCUT2D eigenvalue weighted by Gasteiger charge is 2.44. The summed E-state index contributed by atoms with van der Waals surface area (Å²) in [6.07, 6.45) is 0.631. The lowest BCUT2D eigenvalue weighted by molar-refractivity contribution is -0.174. The quantitative estimate of drug-likeness (QED) is 0.701. The zero-order chi connectivity index (χ0) is 10.9. The lowest BCUT2D eigenvalue weighted by atomic mass is 9.78. The summed E-state index contributed by atoms with van der Waals surface area (Å²) in [4.78, 5) is 10.8. The van der Waals surface area contributed by atoms with Crippen molar-refractivity contribution in [3.05, 3.63) is 0 Å². The highest BCUT2D eigenvalue weighted by atomic mass is 16.5. The number of hydrogen-bond acceptors (Lipinski definition) is 3. The van der Waals surface area contributed by atoms with E-state index in [2.05, 4.69) is 0 Å². The van der Waals surface area contributed by atoms with Crippen LogP contribution < -0.4 is 0 Å². The first-order chi connectivity index (χ1) is 6.35. The van der Waals surface area contributed by atoms with E-state index < -0.39 is 17.5 Å². The van der Waals surface area contributed by atoms with Crippen LogP contribution in [0.15, 0.2) is 0 Å². The number of ether oxygens (including phenoxy) is 1. The van der Waals surface area contributed by atoms with Gasteiger partial charge in [-0.15, -0.1) is 0 Å². The van der Waals surface area contributed by atoms with E-state index in [1.54, 1.807) is 6.92 Å². The molecular formula is C10H18O4. The zero-order valence-electron chi connectivity index (χ0n) is 8.86. The summed E-state index contributed by atoms with van der Waals surface area (Å²) in [5.41, 5.74) is -1.12. The topological polar surface area (TPSA) is 66.8 Å². The van der Waals surface area contributed by atoms with Gasteiger partial charge in [0, 0.05) is 12.8 Å². The van der Waals surface area contributed by atoms with Crippen LogP contribution in [0.1, 0.15) is 33.6 Å². The van der Waals surface area contributed by atoms with Crippen molar-refractivity contribution in [1.29, 1.82) is 0 Å². The van der Waals surface area contributed by atoms with E-state index >= 15 is 0 Å². The van der Waals surface area contributed by atoms with E-state index in [9.17, 15) is 9.90 Å². The third kappa shape index (κ3) is 2.25. The molecule has 14 heavy (non-hydrogen) atoms. The van der Waals surface area contributed by atoms with Gasteiger partial charge in [-0.2, -0.15) is 0 Å². The summed E-state index contributed by atoms with van der Waals surface area (Å²) in [5.74, 6) is -1.69. The molecule has 0 saturated carbocycles. The van der Waals surface area contributed by atoms with E-state index in [0.717, 1.165) is 0 Å². The fourth-order valence-electron chi connectivity index (χ4n) is 2.16. The lowest BCUT2D eigenvalue weighted by Gasteiger charge is -2.41. The average Bonchev–Trinajstić information content (AvgIpc) is 1.99. The van der Waals surface area contributed by atoms with Crippen molar-refractivity contribution in [1.82, 2.24) is 0 Å². The van der Waals surface area contributed by atoms with E-state index in [4.69, 9.17) is 9.84 Å². The minimum Gasteiger partial charge on any atom is -0.481 e. The average molecular weight is 202 g/mol. The number of carbonyl (C=O) groups is 1. The van der Waals surface area contributed by atoms with Crippen molar-refractivity contribution in [3.63, 3.8) is 0 Å². The van der Waals surface area contributed by atoms with Gasteiger partial charge in [-0.25, -0.2) is 0 Å². The van der Waals surface area contributed by atoms with Gasteiger partial charge in [-0.1, -0.05) is 0 Å². The molecule has 0 aliphatic carbocycles. The van der Waals surface area contributed by atoms with Crippen molar-refractivity contribution in [3.8, 4) is 0 Å². The molecule has 1 rings (SSSR count). The number of carboxylic acid groups (broad SMARTS) is 1. The number of rotatable bonds is 2. The van der Waals surface area contributed by atoms with Crippen LogP contribution in [0.4, 0.5) is 0 Å². The van der Waals surface area contributed by atoms with Gasteiger partial charge in [-0.05, 0) is 20.8 Å². The Hall–Kier alpha value is -0.610. The first kappa shape index (κ1) is 11.5. The minimum atomic E-state index is -1.12. The molecule has 1 aliphatic rings. The Balaban J connectivity index is 2.76. The van der Waals surface area contributed by atoms with Crippen molar-refractivity contribution < 1.29 is 19.7 Å². The summed E-state index contributed by atoms with van der Waals surface area (Å²) in [7, 11) is 0. The van der Waals surface area contributed by atoms with Crippen LogP contribution in [0.5, 0.6) is 0 Å². The van der Waals surface area contributed by atoms with Crippen LogP contribution in [-0.4, -0.2) is 34.0 Å². The van der Waals surface area contributed by atoms with E-state index in [-0.39, 0.29) is 12.2 Å². The van der Waals surface area contributed by atoms with Crippen LogP contribution in [-0.2, 0) is 9.53 Å². The maximum absolute atomic E-state index is 10.8. The standard InChI is InChI=1S/C10H18O4/c1-6-4-10(13,5-7(2)14-6)8(3)9(11)12/h6-8,13H,4-5H2,1-3H3,(H,11,12). The minimum absolute atomic E-state index is 0.0782. The SMILES string of the molecule is CC1CC(O)(C(C)C(=O)O)CC(C)O1. The largest absolute Gasteiger partial charge is 0.481 e. The fourth-order valence-corrected chi connectivity index (χ4v) is 2.16. The second-order valence-corrected chi connectivity index (χ2v) is 4.33. The molecule has 0 radical (unpaired) electrons. The predicted molar refractivity (Wildman–Crippen MR) is 51.0 cm³/mol. The molecule has 0 aromatic carbocycles. The Morgan fingerprint density at radius 2 is 1.86 bits per heavy atom. The van der Waals surface area contributed by atoms with Crippen molar-refractivity contribution in [2.75, 3.05) is 0 Å².